The monoisotopic (exact) mass is 223 g/mol. The third-order valence-electron chi connectivity index (χ3n) is 2.31. The van der Waals surface area contributed by atoms with Crippen molar-refractivity contribution in [3.63, 3.8) is 0 Å². The maximum Gasteiger partial charge on any atom is 0.119 e. The van der Waals surface area contributed by atoms with Crippen LogP contribution in [-0.4, -0.2) is 42.9 Å². The summed E-state index contributed by atoms with van der Waals surface area (Å²) in [7, 11) is 2.01. The van der Waals surface area contributed by atoms with Crippen molar-refractivity contribution in [3.05, 3.63) is 30.3 Å². The molecular formula is C13H21NO2. The van der Waals surface area contributed by atoms with Gasteiger partial charge < -0.3 is 14.7 Å². The minimum atomic E-state index is -0.434. The Kier molecular flexibility index (Phi) is 5.90. The number of aliphatic hydroxyl groups is 1. The second-order valence-corrected chi connectivity index (χ2v) is 4.04. The van der Waals surface area contributed by atoms with Gasteiger partial charge in [0.25, 0.3) is 0 Å². The fraction of sp³-hybridized carbons (Fsp3) is 0.538. The number of para-hydroxylation sites is 1. The Morgan fingerprint density at radius 2 is 2.00 bits per heavy atom. The van der Waals surface area contributed by atoms with Crippen molar-refractivity contribution in [2.24, 2.45) is 0 Å². The van der Waals surface area contributed by atoms with Gasteiger partial charge in [0.15, 0.2) is 0 Å². The van der Waals surface area contributed by atoms with Gasteiger partial charge in [-0.1, -0.05) is 25.1 Å². The summed E-state index contributed by atoms with van der Waals surface area (Å²) < 4.78 is 5.47. The molecule has 0 saturated heterocycles. The van der Waals surface area contributed by atoms with Gasteiger partial charge in [-0.25, -0.2) is 0 Å². The Balaban J connectivity index is 2.22. The van der Waals surface area contributed by atoms with Gasteiger partial charge in [0, 0.05) is 6.54 Å². The van der Waals surface area contributed by atoms with Crippen LogP contribution in [0.2, 0.25) is 0 Å². The first kappa shape index (κ1) is 13.0. The highest BCUT2D eigenvalue weighted by molar-refractivity contribution is 5.20. The quantitative estimate of drug-likeness (QED) is 0.764. The van der Waals surface area contributed by atoms with E-state index in [1.54, 1.807) is 0 Å². The topological polar surface area (TPSA) is 32.7 Å². The first-order valence-electron chi connectivity index (χ1n) is 5.76. The number of aliphatic hydroxyl groups excluding tert-OH is 1. The number of hydrogen-bond acceptors (Lipinski definition) is 3. The lowest BCUT2D eigenvalue weighted by Crippen LogP contribution is -2.33. The van der Waals surface area contributed by atoms with Crippen molar-refractivity contribution in [2.75, 3.05) is 26.7 Å². The fourth-order valence-electron chi connectivity index (χ4n) is 1.59. The van der Waals surface area contributed by atoms with E-state index < -0.39 is 6.10 Å². The molecule has 0 amide bonds. The molecule has 3 heteroatoms. The Hall–Kier alpha value is -1.06. The first-order chi connectivity index (χ1) is 7.72. The molecule has 0 bridgehead atoms. The Morgan fingerprint density at radius 1 is 1.31 bits per heavy atom. The summed E-state index contributed by atoms with van der Waals surface area (Å²) in [5, 5.41) is 9.74. The van der Waals surface area contributed by atoms with Crippen LogP contribution in [0.25, 0.3) is 0 Å². The van der Waals surface area contributed by atoms with Crippen LogP contribution in [0.4, 0.5) is 0 Å². The van der Waals surface area contributed by atoms with Crippen molar-refractivity contribution in [3.8, 4) is 5.75 Å². The summed E-state index contributed by atoms with van der Waals surface area (Å²) in [6.07, 6.45) is 0.666. The molecule has 1 atom stereocenters. The minimum Gasteiger partial charge on any atom is -0.491 e. The maximum atomic E-state index is 9.74. The summed E-state index contributed by atoms with van der Waals surface area (Å²) in [6.45, 7) is 4.13. The number of rotatable bonds is 7. The van der Waals surface area contributed by atoms with Crippen molar-refractivity contribution < 1.29 is 9.84 Å². The van der Waals surface area contributed by atoms with Crippen LogP contribution in [0.15, 0.2) is 30.3 Å². The van der Waals surface area contributed by atoms with Gasteiger partial charge in [0.1, 0.15) is 18.5 Å². The van der Waals surface area contributed by atoms with Crippen LogP contribution in [0.3, 0.4) is 0 Å². The number of benzene rings is 1. The highest BCUT2D eigenvalue weighted by Crippen LogP contribution is 2.08. The second-order valence-electron chi connectivity index (χ2n) is 4.04. The molecule has 0 heterocycles. The van der Waals surface area contributed by atoms with Gasteiger partial charge in [-0.3, -0.25) is 0 Å². The largest absolute Gasteiger partial charge is 0.491 e. The van der Waals surface area contributed by atoms with E-state index in [0.29, 0.717) is 13.2 Å². The zero-order valence-electron chi connectivity index (χ0n) is 10.1. The average Bonchev–Trinajstić information content (AvgIpc) is 2.28. The zero-order chi connectivity index (χ0) is 11.8. The molecule has 1 aromatic carbocycles. The summed E-state index contributed by atoms with van der Waals surface area (Å²) in [5.41, 5.74) is 0. The van der Waals surface area contributed by atoms with Gasteiger partial charge >= 0.3 is 0 Å². The molecule has 1 rings (SSSR count). The van der Waals surface area contributed by atoms with Crippen molar-refractivity contribution in [1.82, 2.24) is 4.90 Å². The van der Waals surface area contributed by atoms with Crippen LogP contribution in [-0.2, 0) is 0 Å². The summed E-state index contributed by atoms with van der Waals surface area (Å²) in [5.74, 6) is 0.805. The molecule has 0 spiro atoms. The smallest absolute Gasteiger partial charge is 0.119 e. The van der Waals surface area contributed by atoms with Gasteiger partial charge in [-0.05, 0) is 32.1 Å². The molecular weight excluding hydrogens is 202 g/mol. The van der Waals surface area contributed by atoms with Crippen LogP contribution < -0.4 is 4.74 Å². The minimum absolute atomic E-state index is 0.345. The predicted octanol–water partition coefficient (Wildman–Crippen LogP) is 1.77. The van der Waals surface area contributed by atoms with E-state index >= 15 is 0 Å². The molecule has 3 nitrogen and oxygen atoms in total. The molecule has 1 unspecified atom stereocenters. The van der Waals surface area contributed by atoms with Crippen LogP contribution in [0.1, 0.15) is 13.3 Å². The normalized spacial score (nSPS) is 12.8. The molecule has 90 valence electrons. The molecule has 0 aliphatic rings. The van der Waals surface area contributed by atoms with E-state index in [4.69, 9.17) is 4.74 Å². The fourth-order valence-corrected chi connectivity index (χ4v) is 1.59. The van der Waals surface area contributed by atoms with E-state index in [-0.39, 0.29) is 0 Å². The third-order valence-corrected chi connectivity index (χ3v) is 2.31. The van der Waals surface area contributed by atoms with E-state index in [0.717, 1.165) is 18.7 Å². The van der Waals surface area contributed by atoms with Gasteiger partial charge in [-0.2, -0.15) is 0 Å². The highest BCUT2D eigenvalue weighted by Gasteiger charge is 2.08. The number of hydrogen-bond donors (Lipinski definition) is 1. The molecule has 0 fully saturated rings. The zero-order valence-corrected chi connectivity index (χ0v) is 10.1. The van der Waals surface area contributed by atoms with Crippen LogP contribution in [0.5, 0.6) is 5.75 Å². The van der Waals surface area contributed by atoms with E-state index in [2.05, 4.69) is 11.8 Å². The molecule has 16 heavy (non-hydrogen) atoms. The summed E-state index contributed by atoms with van der Waals surface area (Å²) in [4.78, 5) is 2.11. The summed E-state index contributed by atoms with van der Waals surface area (Å²) >= 11 is 0. The van der Waals surface area contributed by atoms with E-state index in [1.165, 1.54) is 0 Å². The Morgan fingerprint density at radius 3 is 2.62 bits per heavy atom. The lowest BCUT2D eigenvalue weighted by Gasteiger charge is -2.19. The predicted molar refractivity (Wildman–Crippen MR) is 65.7 cm³/mol. The number of likely N-dealkylation sites (N-methyl/N-ethyl adjacent to an activating group) is 1. The van der Waals surface area contributed by atoms with Crippen molar-refractivity contribution in [1.29, 1.82) is 0 Å². The van der Waals surface area contributed by atoms with E-state index in [9.17, 15) is 5.11 Å². The van der Waals surface area contributed by atoms with E-state index in [1.807, 2.05) is 37.4 Å². The van der Waals surface area contributed by atoms with Crippen LogP contribution in [0, 0.1) is 0 Å². The molecule has 0 aliphatic heterocycles. The Bertz CT molecular complexity index is 277. The molecule has 0 aromatic heterocycles. The SMILES string of the molecule is CCCN(C)CC(O)COc1ccccc1. The van der Waals surface area contributed by atoms with Gasteiger partial charge in [-0.15, -0.1) is 0 Å². The molecule has 0 saturated carbocycles. The molecule has 1 aromatic rings. The van der Waals surface area contributed by atoms with Crippen molar-refractivity contribution in [2.45, 2.75) is 19.4 Å². The lowest BCUT2D eigenvalue weighted by molar-refractivity contribution is 0.0764. The van der Waals surface area contributed by atoms with Gasteiger partial charge in [0.2, 0.25) is 0 Å². The van der Waals surface area contributed by atoms with Crippen LogP contribution >= 0.6 is 0 Å². The highest BCUT2D eigenvalue weighted by atomic mass is 16.5. The third kappa shape index (κ3) is 5.14. The van der Waals surface area contributed by atoms with Gasteiger partial charge in [0.05, 0.1) is 0 Å². The Labute approximate surface area is 97.7 Å². The summed E-state index contributed by atoms with van der Waals surface area (Å²) in [6, 6.07) is 9.57. The number of nitrogens with zero attached hydrogens (tertiary/aromatic N) is 1. The maximum absolute atomic E-state index is 9.74. The molecule has 0 aliphatic carbocycles. The van der Waals surface area contributed by atoms with Crippen molar-refractivity contribution >= 4 is 0 Å². The number of ether oxygens (including phenoxy) is 1. The average molecular weight is 223 g/mol. The first-order valence-corrected chi connectivity index (χ1v) is 5.76. The molecule has 1 N–H and O–H groups in total. The second kappa shape index (κ2) is 7.25. The standard InChI is InChI=1S/C13H21NO2/c1-3-9-14(2)10-12(15)11-16-13-7-5-4-6-8-13/h4-8,12,15H,3,9-11H2,1-2H3. The lowest BCUT2D eigenvalue weighted by atomic mass is 10.3. The molecule has 0 radical (unpaired) electrons.